The fourth-order valence-electron chi connectivity index (χ4n) is 2.69. The Morgan fingerprint density at radius 2 is 1.90 bits per heavy atom. The summed E-state index contributed by atoms with van der Waals surface area (Å²) in [6.45, 7) is 6.71. The summed E-state index contributed by atoms with van der Waals surface area (Å²) in [6, 6.07) is 11.2. The van der Waals surface area contributed by atoms with Crippen LogP contribution in [-0.2, 0) is 0 Å². The van der Waals surface area contributed by atoms with Gasteiger partial charge in [0.1, 0.15) is 11.3 Å². The quantitative estimate of drug-likeness (QED) is 0.648. The van der Waals surface area contributed by atoms with Crippen LogP contribution in [0.4, 0.5) is 0 Å². The van der Waals surface area contributed by atoms with E-state index in [0.29, 0.717) is 6.04 Å². The standard InChI is InChI=1S/C18H27NO/c1-4-5-6-7-10-14(2)19-15(3)18-13-16-11-8-9-12-17(16)20-18/h8-9,11-15,19H,4-7,10H2,1-3H3. The predicted molar refractivity (Wildman–Crippen MR) is 86.0 cm³/mol. The lowest BCUT2D eigenvalue weighted by atomic mass is 10.1. The van der Waals surface area contributed by atoms with Gasteiger partial charge < -0.3 is 9.73 Å². The van der Waals surface area contributed by atoms with Crippen LogP contribution in [0.3, 0.4) is 0 Å². The molecule has 1 N–H and O–H groups in total. The summed E-state index contributed by atoms with van der Waals surface area (Å²) in [4.78, 5) is 0. The van der Waals surface area contributed by atoms with Crippen LogP contribution < -0.4 is 5.32 Å². The van der Waals surface area contributed by atoms with Crippen LogP contribution in [0.15, 0.2) is 34.7 Å². The number of fused-ring (bicyclic) bond motifs is 1. The van der Waals surface area contributed by atoms with Crippen molar-refractivity contribution in [2.75, 3.05) is 0 Å². The topological polar surface area (TPSA) is 25.2 Å². The Balaban J connectivity index is 1.85. The average molecular weight is 273 g/mol. The SMILES string of the molecule is CCCCCCC(C)NC(C)c1cc2ccccc2o1. The van der Waals surface area contributed by atoms with E-state index in [2.05, 4.69) is 44.3 Å². The molecule has 0 radical (unpaired) electrons. The molecule has 2 atom stereocenters. The Labute approximate surface area is 122 Å². The summed E-state index contributed by atoms with van der Waals surface area (Å²) in [6.07, 6.45) is 6.56. The number of hydrogen-bond acceptors (Lipinski definition) is 2. The fourth-order valence-corrected chi connectivity index (χ4v) is 2.69. The number of unbranched alkanes of at least 4 members (excludes halogenated alkanes) is 3. The minimum Gasteiger partial charge on any atom is -0.459 e. The summed E-state index contributed by atoms with van der Waals surface area (Å²) >= 11 is 0. The van der Waals surface area contributed by atoms with Gasteiger partial charge in [-0.2, -0.15) is 0 Å². The van der Waals surface area contributed by atoms with Gasteiger partial charge in [-0.1, -0.05) is 50.8 Å². The Morgan fingerprint density at radius 1 is 1.10 bits per heavy atom. The lowest BCUT2D eigenvalue weighted by Gasteiger charge is -2.18. The van der Waals surface area contributed by atoms with Crippen LogP contribution in [0, 0.1) is 0 Å². The molecular weight excluding hydrogens is 246 g/mol. The maximum absolute atomic E-state index is 5.91. The minimum atomic E-state index is 0.267. The van der Waals surface area contributed by atoms with E-state index >= 15 is 0 Å². The molecule has 2 nitrogen and oxygen atoms in total. The predicted octanol–water partition coefficient (Wildman–Crippen LogP) is 5.44. The molecule has 0 saturated carbocycles. The first-order valence-corrected chi connectivity index (χ1v) is 7.95. The second-order valence-corrected chi connectivity index (χ2v) is 5.83. The maximum Gasteiger partial charge on any atom is 0.134 e. The third-order valence-corrected chi connectivity index (χ3v) is 3.90. The largest absolute Gasteiger partial charge is 0.459 e. The van der Waals surface area contributed by atoms with E-state index in [1.807, 2.05) is 12.1 Å². The van der Waals surface area contributed by atoms with E-state index in [1.54, 1.807) is 0 Å². The molecule has 0 spiro atoms. The highest BCUT2D eigenvalue weighted by Gasteiger charge is 2.13. The highest BCUT2D eigenvalue weighted by atomic mass is 16.3. The molecular formula is C18H27NO. The first-order chi connectivity index (χ1) is 9.70. The second kappa shape index (κ2) is 7.49. The van der Waals surface area contributed by atoms with E-state index in [9.17, 15) is 0 Å². The zero-order chi connectivity index (χ0) is 14.4. The highest BCUT2D eigenvalue weighted by molar-refractivity contribution is 5.77. The van der Waals surface area contributed by atoms with Crippen LogP contribution in [0.25, 0.3) is 11.0 Å². The molecule has 0 aliphatic rings. The van der Waals surface area contributed by atoms with E-state index in [1.165, 1.54) is 37.5 Å². The Morgan fingerprint density at radius 3 is 2.65 bits per heavy atom. The number of rotatable bonds is 8. The molecule has 1 heterocycles. The van der Waals surface area contributed by atoms with Gasteiger partial charge in [-0.3, -0.25) is 0 Å². The molecule has 2 aromatic rings. The molecule has 1 aromatic heterocycles. The maximum atomic E-state index is 5.91. The van der Waals surface area contributed by atoms with Crippen LogP contribution in [-0.4, -0.2) is 6.04 Å². The van der Waals surface area contributed by atoms with E-state index in [4.69, 9.17) is 4.42 Å². The van der Waals surface area contributed by atoms with Crippen LogP contribution in [0.2, 0.25) is 0 Å². The molecule has 0 aliphatic heterocycles. The van der Waals surface area contributed by atoms with Gasteiger partial charge in [0.15, 0.2) is 0 Å². The molecule has 110 valence electrons. The van der Waals surface area contributed by atoms with Crippen molar-refractivity contribution >= 4 is 11.0 Å². The summed E-state index contributed by atoms with van der Waals surface area (Å²) in [5.41, 5.74) is 0.978. The molecule has 0 amide bonds. The van der Waals surface area contributed by atoms with Crippen molar-refractivity contribution in [2.24, 2.45) is 0 Å². The van der Waals surface area contributed by atoms with Crippen LogP contribution in [0.1, 0.15) is 64.7 Å². The summed E-state index contributed by atoms with van der Waals surface area (Å²) < 4.78 is 5.91. The monoisotopic (exact) mass is 273 g/mol. The van der Waals surface area contributed by atoms with E-state index in [-0.39, 0.29) is 6.04 Å². The second-order valence-electron chi connectivity index (χ2n) is 5.83. The number of furan rings is 1. The van der Waals surface area contributed by atoms with Gasteiger partial charge in [0.05, 0.1) is 6.04 Å². The molecule has 20 heavy (non-hydrogen) atoms. The summed E-state index contributed by atoms with van der Waals surface area (Å²) in [5.74, 6) is 1.03. The number of nitrogens with one attached hydrogen (secondary N) is 1. The van der Waals surface area contributed by atoms with Gasteiger partial charge in [0, 0.05) is 11.4 Å². The first kappa shape index (κ1) is 15.1. The minimum absolute atomic E-state index is 0.267. The molecule has 0 aliphatic carbocycles. The zero-order valence-electron chi connectivity index (χ0n) is 13.0. The van der Waals surface area contributed by atoms with Crippen molar-refractivity contribution in [3.05, 3.63) is 36.1 Å². The van der Waals surface area contributed by atoms with Gasteiger partial charge >= 0.3 is 0 Å². The highest BCUT2D eigenvalue weighted by Crippen LogP contribution is 2.24. The van der Waals surface area contributed by atoms with Gasteiger partial charge in [0.2, 0.25) is 0 Å². The molecule has 0 bridgehead atoms. The Bertz CT molecular complexity index is 484. The van der Waals surface area contributed by atoms with Gasteiger partial charge in [-0.15, -0.1) is 0 Å². The summed E-state index contributed by atoms with van der Waals surface area (Å²) in [5, 5.41) is 4.83. The van der Waals surface area contributed by atoms with E-state index < -0.39 is 0 Å². The zero-order valence-corrected chi connectivity index (χ0v) is 13.0. The normalized spacial score (nSPS) is 14.6. The van der Waals surface area contributed by atoms with Crippen LogP contribution in [0.5, 0.6) is 0 Å². The van der Waals surface area contributed by atoms with Gasteiger partial charge in [-0.05, 0) is 32.4 Å². The molecule has 2 unspecified atom stereocenters. The Hall–Kier alpha value is -1.28. The van der Waals surface area contributed by atoms with E-state index in [0.717, 1.165) is 11.3 Å². The number of hydrogen-bond donors (Lipinski definition) is 1. The third-order valence-electron chi connectivity index (χ3n) is 3.90. The molecule has 1 aromatic carbocycles. The number of benzene rings is 1. The van der Waals surface area contributed by atoms with Crippen molar-refractivity contribution < 1.29 is 4.42 Å². The van der Waals surface area contributed by atoms with Gasteiger partial charge in [-0.25, -0.2) is 0 Å². The first-order valence-electron chi connectivity index (χ1n) is 7.95. The lowest BCUT2D eigenvalue weighted by molar-refractivity contribution is 0.391. The molecule has 2 heteroatoms. The summed E-state index contributed by atoms with van der Waals surface area (Å²) in [7, 11) is 0. The van der Waals surface area contributed by atoms with Gasteiger partial charge in [0.25, 0.3) is 0 Å². The van der Waals surface area contributed by atoms with Crippen molar-refractivity contribution in [3.63, 3.8) is 0 Å². The van der Waals surface area contributed by atoms with Crippen molar-refractivity contribution in [2.45, 2.75) is 65.0 Å². The molecule has 0 saturated heterocycles. The Kier molecular flexibility index (Phi) is 5.66. The third kappa shape index (κ3) is 4.11. The average Bonchev–Trinajstić information content (AvgIpc) is 2.87. The lowest BCUT2D eigenvalue weighted by Crippen LogP contribution is -2.28. The molecule has 2 rings (SSSR count). The fraction of sp³-hybridized carbons (Fsp3) is 0.556. The molecule has 0 fully saturated rings. The van der Waals surface area contributed by atoms with Crippen molar-refractivity contribution in [3.8, 4) is 0 Å². The number of para-hydroxylation sites is 1. The van der Waals surface area contributed by atoms with Crippen molar-refractivity contribution in [1.82, 2.24) is 5.32 Å². The smallest absolute Gasteiger partial charge is 0.134 e. The van der Waals surface area contributed by atoms with Crippen molar-refractivity contribution in [1.29, 1.82) is 0 Å². The van der Waals surface area contributed by atoms with Crippen LogP contribution >= 0.6 is 0 Å².